The molecule has 2 aromatic heterocycles. The van der Waals surface area contributed by atoms with E-state index in [1.165, 1.54) is 0 Å². The van der Waals surface area contributed by atoms with Crippen LogP contribution < -0.4 is 10.1 Å². The fourth-order valence-corrected chi connectivity index (χ4v) is 1.98. The first-order valence-corrected chi connectivity index (χ1v) is 6.42. The molecule has 0 aliphatic rings. The Morgan fingerprint density at radius 2 is 2.20 bits per heavy atom. The number of nitrogens with one attached hydrogen (secondary N) is 1. The largest absolute Gasteiger partial charge is 0.485 e. The number of pyridine rings is 1. The minimum absolute atomic E-state index is 0.356. The molecule has 0 amide bonds. The Hall–Kier alpha value is -2.40. The molecule has 0 saturated carbocycles. The second-order valence-corrected chi connectivity index (χ2v) is 4.46. The number of nitrogens with zero attached hydrogens (tertiary/aromatic N) is 2. The lowest BCUT2D eigenvalue weighted by molar-refractivity contribution is 0.248. The van der Waals surface area contributed by atoms with E-state index < -0.39 is 0 Å². The van der Waals surface area contributed by atoms with Crippen molar-refractivity contribution in [3.63, 3.8) is 0 Å². The normalized spacial score (nSPS) is 10.8. The van der Waals surface area contributed by atoms with Crippen LogP contribution in [0.2, 0.25) is 0 Å². The summed E-state index contributed by atoms with van der Waals surface area (Å²) in [7, 11) is 1.87. The van der Waals surface area contributed by atoms with Crippen LogP contribution in [-0.2, 0) is 13.2 Å². The molecule has 0 aliphatic heterocycles. The average molecular weight is 269 g/mol. The van der Waals surface area contributed by atoms with Gasteiger partial charge in [0.15, 0.2) is 5.76 Å². The summed E-state index contributed by atoms with van der Waals surface area (Å²) < 4.78 is 10.9. The van der Waals surface area contributed by atoms with Gasteiger partial charge >= 0.3 is 0 Å². The highest BCUT2D eigenvalue weighted by atomic mass is 16.5. The van der Waals surface area contributed by atoms with Gasteiger partial charge in [-0.05, 0) is 25.2 Å². The van der Waals surface area contributed by atoms with Crippen LogP contribution in [0, 0.1) is 0 Å². The fourth-order valence-electron chi connectivity index (χ4n) is 1.98. The van der Waals surface area contributed by atoms with E-state index in [0.29, 0.717) is 18.9 Å². The van der Waals surface area contributed by atoms with Crippen LogP contribution in [0.4, 0.5) is 0 Å². The lowest BCUT2D eigenvalue weighted by Gasteiger charge is -2.04. The molecule has 0 unspecified atom stereocenters. The van der Waals surface area contributed by atoms with Crippen molar-refractivity contribution in [2.75, 3.05) is 7.05 Å². The van der Waals surface area contributed by atoms with E-state index in [1.807, 2.05) is 43.4 Å². The predicted octanol–water partition coefficient (Wildman–Crippen LogP) is 2.52. The van der Waals surface area contributed by atoms with Gasteiger partial charge in [-0.25, -0.2) is 0 Å². The molecule has 3 rings (SSSR count). The van der Waals surface area contributed by atoms with Crippen LogP contribution in [0.3, 0.4) is 0 Å². The predicted molar refractivity (Wildman–Crippen MR) is 75.3 cm³/mol. The maximum atomic E-state index is 5.70. The lowest BCUT2D eigenvalue weighted by atomic mass is 10.2. The van der Waals surface area contributed by atoms with Gasteiger partial charge < -0.3 is 14.6 Å². The van der Waals surface area contributed by atoms with E-state index in [2.05, 4.69) is 15.5 Å². The summed E-state index contributed by atoms with van der Waals surface area (Å²) in [6.07, 6.45) is 1.77. The molecule has 5 nitrogen and oxygen atoms in total. The number of benzene rings is 1. The van der Waals surface area contributed by atoms with Crippen molar-refractivity contribution in [2.24, 2.45) is 0 Å². The van der Waals surface area contributed by atoms with Crippen LogP contribution in [0.25, 0.3) is 10.9 Å². The third kappa shape index (κ3) is 2.78. The zero-order valence-electron chi connectivity index (χ0n) is 11.2. The van der Waals surface area contributed by atoms with Crippen molar-refractivity contribution >= 4 is 10.9 Å². The van der Waals surface area contributed by atoms with Gasteiger partial charge in [-0.3, -0.25) is 4.98 Å². The highest BCUT2D eigenvalue weighted by molar-refractivity contribution is 5.79. The highest BCUT2D eigenvalue weighted by Gasteiger charge is 2.05. The molecule has 5 heteroatoms. The summed E-state index contributed by atoms with van der Waals surface area (Å²) in [5, 5.41) is 8.05. The highest BCUT2D eigenvalue weighted by Crippen LogP contribution is 2.19. The van der Waals surface area contributed by atoms with Crippen molar-refractivity contribution in [3.05, 3.63) is 54.0 Å². The first-order valence-electron chi connectivity index (χ1n) is 6.42. The quantitative estimate of drug-likeness (QED) is 0.771. The van der Waals surface area contributed by atoms with Crippen molar-refractivity contribution < 1.29 is 9.26 Å². The second-order valence-electron chi connectivity index (χ2n) is 4.46. The fraction of sp³-hybridized carbons (Fsp3) is 0.200. The number of hydrogen-bond acceptors (Lipinski definition) is 5. The molecule has 0 atom stereocenters. The Bertz CT molecular complexity index is 709. The molecule has 0 fully saturated rings. The molecule has 2 heterocycles. The maximum absolute atomic E-state index is 5.70. The van der Waals surface area contributed by atoms with Gasteiger partial charge in [0, 0.05) is 30.3 Å². The summed E-state index contributed by atoms with van der Waals surface area (Å²) in [6, 6.07) is 11.7. The molecule has 1 aromatic carbocycles. The average Bonchev–Trinajstić information content (AvgIpc) is 2.93. The smallest absolute Gasteiger partial charge is 0.174 e. The number of fused-ring (bicyclic) bond motifs is 1. The summed E-state index contributed by atoms with van der Waals surface area (Å²) >= 11 is 0. The summed E-state index contributed by atoms with van der Waals surface area (Å²) in [5.41, 5.74) is 1.78. The van der Waals surface area contributed by atoms with E-state index in [9.17, 15) is 0 Å². The van der Waals surface area contributed by atoms with E-state index in [4.69, 9.17) is 9.26 Å². The van der Waals surface area contributed by atoms with Gasteiger partial charge in [0.2, 0.25) is 0 Å². The molecule has 20 heavy (non-hydrogen) atoms. The second kappa shape index (κ2) is 5.71. The number of ether oxygens (including phenoxy) is 1. The minimum Gasteiger partial charge on any atom is -0.485 e. The molecule has 102 valence electrons. The van der Waals surface area contributed by atoms with Gasteiger partial charge in [-0.1, -0.05) is 11.2 Å². The van der Waals surface area contributed by atoms with E-state index in [0.717, 1.165) is 22.3 Å². The van der Waals surface area contributed by atoms with E-state index in [-0.39, 0.29) is 0 Å². The summed E-state index contributed by atoms with van der Waals surface area (Å²) in [5.74, 6) is 1.47. The topological polar surface area (TPSA) is 60.2 Å². The molecule has 1 N–H and O–H groups in total. The summed E-state index contributed by atoms with van der Waals surface area (Å²) in [6.45, 7) is 1.04. The molecule has 3 aromatic rings. The third-order valence-corrected chi connectivity index (χ3v) is 2.92. The van der Waals surface area contributed by atoms with Crippen LogP contribution in [0.15, 0.2) is 47.1 Å². The van der Waals surface area contributed by atoms with Crippen LogP contribution in [0.5, 0.6) is 5.75 Å². The molecule has 0 radical (unpaired) electrons. The Morgan fingerprint density at radius 1 is 1.25 bits per heavy atom. The first kappa shape index (κ1) is 12.6. The maximum Gasteiger partial charge on any atom is 0.174 e. The van der Waals surface area contributed by atoms with Crippen molar-refractivity contribution in [1.82, 2.24) is 15.5 Å². The van der Waals surface area contributed by atoms with Gasteiger partial charge in [-0.2, -0.15) is 0 Å². The number of aromatic nitrogens is 2. The zero-order chi connectivity index (χ0) is 13.8. The minimum atomic E-state index is 0.356. The van der Waals surface area contributed by atoms with Gasteiger partial charge in [0.25, 0.3) is 0 Å². The van der Waals surface area contributed by atoms with Gasteiger partial charge in [-0.15, -0.1) is 0 Å². The molecule has 0 spiro atoms. The van der Waals surface area contributed by atoms with Crippen LogP contribution in [-0.4, -0.2) is 17.2 Å². The SMILES string of the molecule is CNCc1cc(COc2ccc3cccnc3c2)on1. The Balaban J connectivity index is 1.69. The standard InChI is InChI=1S/C15H15N3O2/c1-16-9-12-7-14(20-18-12)10-19-13-5-4-11-3-2-6-17-15(11)8-13/h2-8,16H,9-10H2,1H3. The monoisotopic (exact) mass is 269 g/mol. The van der Waals surface area contributed by atoms with Gasteiger partial charge in [0.1, 0.15) is 12.4 Å². The molecular weight excluding hydrogens is 254 g/mol. The van der Waals surface area contributed by atoms with Gasteiger partial charge in [0.05, 0.1) is 11.2 Å². The molecule has 0 saturated heterocycles. The lowest BCUT2D eigenvalue weighted by Crippen LogP contribution is -2.04. The Kier molecular flexibility index (Phi) is 3.60. The number of rotatable bonds is 5. The Morgan fingerprint density at radius 3 is 3.10 bits per heavy atom. The van der Waals surface area contributed by atoms with E-state index >= 15 is 0 Å². The molecule has 0 aliphatic carbocycles. The zero-order valence-corrected chi connectivity index (χ0v) is 11.2. The number of hydrogen-bond donors (Lipinski definition) is 1. The molecular formula is C15H15N3O2. The first-order chi connectivity index (χ1) is 9.85. The van der Waals surface area contributed by atoms with Crippen LogP contribution >= 0.6 is 0 Å². The third-order valence-electron chi connectivity index (χ3n) is 2.92. The summed E-state index contributed by atoms with van der Waals surface area (Å²) in [4.78, 5) is 4.30. The van der Waals surface area contributed by atoms with Crippen LogP contribution in [0.1, 0.15) is 11.5 Å². The molecule has 0 bridgehead atoms. The van der Waals surface area contributed by atoms with E-state index in [1.54, 1.807) is 6.20 Å². The van der Waals surface area contributed by atoms with Crippen molar-refractivity contribution in [3.8, 4) is 5.75 Å². The Labute approximate surface area is 116 Å². The van der Waals surface area contributed by atoms with Crippen molar-refractivity contribution in [2.45, 2.75) is 13.2 Å². The van der Waals surface area contributed by atoms with Crippen molar-refractivity contribution in [1.29, 1.82) is 0 Å².